The van der Waals surface area contributed by atoms with Gasteiger partial charge in [-0.15, -0.1) is 0 Å². The van der Waals surface area contributed by atoms with Gasteiger partial charge in [-0.05, 0) is 101 Å². The molecule has 0 aliphatic carbocycles. The number of amides is 3. The van der Waals surface area contributed by atoms with Crippen molar-refractivity contribution in [2.45, 2.75) is 85.8 Å². The number of carbonyl (C=O) groups is 3. The van der Waals surface area contributed by atoms with Crippen molar-refractivity contribution in [3.05, 3.63) is 64.0 Å². The second-order valence-electron chi connectivity index (χ2n) is 11.4. The first-order chi connectivity index (χ1) is 21.0. The van der Waals surface area contributed by atoms with Crippen LogP contribution in [0.15, 0.2) is 30.3 Å². The average Bonchev–Trinajstić information content (AvgIpc) is 3.37. The monoisotopic (exact) mass is 574 g/mol. The van der Waals surface area contributed by atoms with Crippen molar-refractivity contribution in [1.82, 2.24) is 15.1 Å². The van der Waals surface area contributed by atoms with Crippen LogP contribution in [-0.4, -0.2) is 53.2 Å². The van der Waals surface area contributed by atoms with E-state index in [1.807, 2.05) is 34.6 Å². The van der Waals surface area contributed by atoms with Gasteiger partial charge in [0.05, 0.1) is 14.5 Å². The van der Waals surface area contributed by atoms with E-state index in [1.165, 1.54) is 18.7 Å². The molecular weight excluding hydrogens is 530 g/mol. The highest BCUT2D eigenvalue weighted by Gasteiger charge is 2.39. The predicted molar refractivity (Wildman–Crippen MR) is 164 cm³/mol. The number of ether oxygens (including phenoxy) is 1. The standard InChI is InChI=1S/C33H41N5O4/c1-18(2)42-27-15-14-26(22(6)23(27)7)38-31-29(30(35-38)32(40)34-8)20(4)17-36(33(31)41)25-13-12-24(16-19(25)3)37-21(5)10-9-11-28(37)39/h12-16,18,20-21H,9-11,17H2,1-8H3,(H,34,40)/i17D2,20D. The van der Waals surface area contributed by atoms with E-state index in [-0.39, 0.29) is 40.7 Å². The summed E-state index contributed by atoms with van der Waals surface area (Å²) in [5, 5.41) is 7.10. The minimum Gasteiger partial charge on any atom is -0.491 e. The van der Waals surface area contributed by atoms with Crippen LogP contribution in [0.2, 0.25) is 0 Å². The van der Waals surface area contributed by atoms with E-state index in [2.05, 4.69) is 10.4 Å². The molecule has 222 valence electrons. The normalized spacial score (nSPS) is 22.9. The maximum Gasteiger partial charge on any atom is 0.277 e. The van der Waals surface area contributed by atoms with Crippen LogP contribution in [0.5, 0.6) is 5.75 Å². The fourth-order valence-corrected chi connectivity index (χ4v) is 5.85. The molecule has 1 fully saturated rings. The molecule has 3 amide bonds. The minimum absolute atomic E-state index is 0.0140. The molecule has 1 N–H and O–H groups in total. The molecule has 0 spiro atoms. The van der Waals surface area contributed by atoms with Gasteiger partial charge in [0.15, 0.2) is 5.69 Å². The Labute approximate surface area is 252 Å². The quantitative estimate of drug-likeness (QED) is 0.413. The Morgan fingerprint density at radius 2 is 1.83 bits per heavy atom. The van der Waals surface area contributed by atoms with Crippen molar-refractivity contribution < 1.29 is 23.2 Å². The van der Waals surface area contributed by atoms with Crippen molar-refractivity contribution in [3.63, 3.8) is 0 Å². The van der Waals surface area contributed by atoms with E-state index in [0.717, 1.165) is 28.9 Å². The molecule has 9 nitrogen and oxygen atoms in total. The number of nitrogens with zero attached hydrogens (tertiary/aromatic N) is 4. The van der Waals surface area contributed by atoms with Gasteiger partial charge in [0.25, 0.3) is 11.8 Å². The van der Waals surface area contributed by atoms with Gasteiger partial charge in [-0.25, -0.2) is 4.68 Å². The van der Waals surface area contributed by atoms with Crippen LogP contribution >= 0.6 is 0 Å². The van der Waals surface area contributed by atoms with Crippen LogP contribution in [-0.2, 0) is 4.79 Å². The van der Waals surface area contributed by atoms with E-state index in [0.29, 0.717) is 29.1 Å². The number of anilines is 2. The van der Waals surface area contributed by atoms with Gasteiger partial charge in [0, 0.05) is 50.2 Å². The first-order valence-corrected chi connectivity index (χ1v) is 14.4. The van der Waals surface area contributed by atoms with E-state index >= 15 is 0 Å². The third-order valence-electron chi connectivity index (χ3n) is 8.11. The molecular formula is C33H41N5O4. The first-order valence-electron chi connectivity index (χ1n) is 15.9. The lowest BCUT2D eigenvalue weighted by molar-refractivity contribution is -0.120. The minimum atomic E-state index is -2.59. The summed E-state index contributed by atoms with van der Waals surface area (Å²) in [5.41, 5.74) is 3.24. The number of nitrogens with one attached hydrogen (secondary N) is 1. The van der Waals surface area contributed by atoms with Crippen LogP contribution in [0, 0.1) is 20.8 Å². The third-order valence-corrected chi connectivity index (χ3v) is 8.11. The molecule has 0 bridgehead atoms. The molecule has 3 aromatic rings. The molecule has 1 aromatic heterocycles. The second-order valence-corrected chi connectivity index (χ2v) is 11.4. The summed E-state index contributed by atoms with van der Waals surface area (Å²) in [6.07, 6.45) is 2.11. The number of aromatic nitrogens is 2. The fraction of sp³-hybridized carbons (Fsp3) is 0.455. The number of carbonyl (C=O) groups excluding carboxylic acids is 3. The lowest BCUT2D eigenvalue weighted by atomic mass is 9.92. The maximum atomic E-state index is 14.6. The van der Waals surface area contributed by atoms with Gasteiger partial charge in [0.1, 0.15) is 11.4 Å². The number of benzene rings is 2. The summed E-state index contributed by atoms with van der Waals surface area (Å²) in [6, 6.07) is 8.67. The highest BCUT2D eigenvalue weighted by Crippen LogP contribution is 2.39. The molecule has 42 heavy (non-hydrogen) atoms. The zero-order chi connectivity index (χ0) is 33.2. The maximum absolute atomic E-state index is 14.6. The summed E-state index contributed by atoms with van der Waals surface area (Å²) in [7, 11) is 1.42. The van der Waals surface area contributed by atoms with Gasteiger partial charge in [-0.1, -0.05) is 6.92 Å². The summed E-state index contributed by atoms with van der Waals surface area (Å²) in [6.45, 7) is 10.1. The molecule has 2 aliphatic heterocycles. The van der Waals surface area contributed by atoms with Crippen LogP contribution in [0.3, 0.4) is 0 Å². The summed E-state index contributed by atoms with van der Waals surface area (Å²) in [4.78, 5) is 43.3. The number of piperidine rings is 1. The Balaban J connectivity index is 1.72. The highest BCUT2D eigenvalue weighted by molar-refractivity contribution is 6.10. The smallest absolute Gasteiger partial charge is 0.277 e. The van der Waals surface area contributed by atoms with Crippen molar-refractivity contribution >= 4 is 29.1 Å². The topological polar surface area (TPSA) is 96.8 Å². The van der Waals surface area contributed by atoms with Crippen LogP contribution < -0.4 is 19.9 Å². The lowest BCUT2D eigenvalue weighted by Crippen LogP contribution is -2.42. The molecule has 2 aliphatic rings. The molecule has 9 heteroatoms. The molecule has 2 atom stereocenters. The molecule has 5 rings (SSSR count). The molecule has 0 saturated carbocycles. The van der Waals surface area contributed by atoms with E-state index in [9.17, 15) is 18.5 Å². The fourth-order valence-electron chi connectivity index (χ4n) is 5.85. The molecule has 0 radical (unpaired) electrons. The Morgan fingerprint density at radius 3 is 2.48 bits per heavy atom. The van der Waals surface area contributed by atoms with Crippen LogP contribution in [0.4, 0.5) is 11.4 Å². The second kappa shape index (κ2) is 11.3. The molecule has 1 saturated heterocycles. The number of hydrogen-bond donors (Lipinski definition) is 1. The highest BCUT2D eigenvalue weighted by atomic mass is 16.5. The molecule has 3 heterocycles. The van der Waals surface area contributed by atoms with Crippen molar-refractivity contribution in [2.24, 2.45) is 0 Å². The van der Waals surface area contributed by atoms with Gasteiger partial charge < -0.3 is 19.9 Å². The van der Waals surface area contributed by atoms with E-state index in [1.54, 1.807) is 42.2 Å². The Morgan fingerprint density at radius 1 is 1.12 bits per heavy atom. The van der Waals surface area contributed by atoms with Gasteiger partial charge in [-0.2, -0.15) is 5.10 Å². The Hall–Kier alpha value is -4.14. The number of hydrogen-bond acceptors (Lipinski definition) is 5. The van der Waals surface area contributed by atoms with Crippen molar-refractivity contribution in [1.29, 1.82) is 0 Å². The number of aryl methyl sites for hydroxylation is 1. The first kappa shape index (κ1) is 25.6. The number of rotatable bonds is 6. The van der Waals surface area contributed by atoms with E-state index < -0.39 is 24.2 Å². The van der Waals surface area contributed by atoms with Gasteiger partial charge in [-0.3, -0.25) is 14.4 Å². The average molecular weight is 575 g/mol. The van der Waals surface area contributed by atoms with Crippen LogP contribution in [0.25, 0.3) is 5.69 Å². The number of fused-ring (bicyclic) bond motifs is 1. The molecule has 2 unspecified atom stereocenters. The molecule has 2 aromatic carbocycles. The Bertz CT molecular complexity index is 1710. The largest absolute Gasteiger partial charge is 0.491 e. The third kappa shape index (κ3) is 4.95. The van der Waals surface area contributed by atoms with Crippen molar-refractivity contribution in [2.75, 3.05) is 23.3 Å². The van der Waals surface area contributed by atoms with E-state index in [4.69, 9.17) is 4.74 Å². The zero-order valence-corrected chi connectivity index (χ0v) is 25.6. The summed E-state index contributed by atoms with van der Waals surface area (Å²) < 4.78 is 35.1. The SMILES string of the molecule is [2H]C1(C)c2c(C(=O)NC)nn(-c3ccc(OC(C)C)c(C)c3C)c2C(=O)N(c2ccc(N3C(=O)CCCC3C)cc2C)C1([2H])[2H]. The van der Waals surface area contributed by atoms with Gasteiger partial charge >= 0.3 is 0 Å². The van der Waals surface area contributed by atoms with Gasteiger partial charge in [0.2, 0.25) is 5.91 Å². The summed E-state index contributed by atoms with van der Waals surface area (Å²) in [5.74, 6) is -2.78. The Kier molecular flexibility index (Phi) is 6.86. The van der Waals surface area contributed by atoms with Crippen molar-refractivity contribution in [3.8, 4) is 11.4 Å². The summed E-state index contributed by atoms with van der Waals surface area (Å²) >= 11 is 0. The lowest BCUT2D eigenvalue weighted by Gasteiger charge is -2.35. The van der Waals surface area contributed by atoms with Crippen LogP contribution in [0.1, 0.15) is 100 Å². The predicted octanol–water partition coefficient (Wildman–Crippen LogP) is 5.61. The zero-order valence-electron chi connectivity index (χ0n) is 28.6.